The molecule has 0 saturated carbocycles. The van der Waals surface area contributed by atoms with Crippen molar-refractivity contribution in [2.45, 2.75) is 25.2 Å². The van der Waals surface area contributed by atoms with E-state index < -0.39 is 9.84 Å². The number of benzene rings is 1. The molecule has 8 nitrogen and oxygen atoms in total. The van der Waals surface area contributed by atoms with Crippen molar-refractivity contribution in [3.8, 4) is 0 Å². The smallest absolute Gasteiger partial charge is 0.320 e. The predicted molar refractivity (Wildman–Crippen MR) is 105 cm³/mol. The topological polar surface area (TPSA) is 90.7 Å². The summed E-state index contributed by atoms with van der Waals surface area (Å²) in [6.07, 6.45) is 1.55. The van der Waals surface area contributed by atoms with Gasteiger partial charge >= 0.3 is 5.97 Å². The Hall–Kier alpha value is -2.23. The predicted octanol–water partition coefficient (Wildman–Crippen LogP) is 1.35. The number of hydrogen-bond acceptors (Lipinski definition) is 7. The molecule has 0 atom stereocenters. The Morgan fingerprint density at radius 2 is 1.96 bits per heavy atom. The summed E-state index contributed by atoms with van der Waals surface area (Å²) in [7, 11) is -0.369. The highest BCUT2D eigenvalue weighted by atomic mass is 32.2. The lowest BCUT2D eigenvalue weighted by atomic mass is 10.2. The monoisotopic (exact) mass is 409 g/mol. The highest BCUT2D eigenvalue weighted by molar-refractivity contribution is 7.91. The van der Waals surface area contributed by atoms with E-state index in [9.17, 15) is 13.2 Å². The normalized spacial score (nSPS) is 11.7. The first-order valence-corrected chi connectivity index (χ1v) is 10.7. The van der Waals surface area contributed by atoms with Gasteiger partial charge < -0.3 is 14.0 Å². The van der Waals surface area contributed by atoms with Crippen LogP contribution in [0.1, 0.15) is 18.2 Å². The lowest BCUT2D eigenvalue weighted by Gasteiger charge is -2.18. The number of aromatic nitrogens is 2. The first-order chi connectivity index (χ1) is 13.4. The number of hydrogen-bond donors (Lipinski definition) is 0. The van der Waals surface area contributed by atoms with E-state index in [0.717, 1.165) is 5.56 Å². The molecule has 9 heteroatoms. The fourth-order valence-electron chi connectivity index (χ4n) is 2.75. The number of rotatable bonds is 11. The second kappa shape index (κ2) is 10.4. The Kier molecular flexibility index (Phi) is 8.16. The van der Waals surface area contributed by atoms with Gasteiger partial charge in [0.15, 0.2) is 0 Å². The van der Waals surface area contributed by atoms with Crippen molar-refractivity contribution in [2.24, 2.45) is 0 Å². The fourth-order valence-corrected chi connectivity index (χ4v) is 4.04. The molecule has 154 valence electrons. The molecule has 0 aliphatic heterocycles. The number of sulfone groups is 1. The van der Waals surface area contributed by atoms with E-state index >= 15 is 0 Å². The fraction of sp³-hybridized carbons (Fsp3) is 0.474. The zero-order valence-corrected chi connectivity index (χ0v) is 17.3. The van der Waals surface area contributed by atoms with Crippen molar-refractivity contribution in [1.82, 2.24) is 14.5 Å². The van der Waals surface area contributed by atoms with Gasteiger partial charge in [0.1, 0.15) is 0 Å². The first kappa shape index (κ1) is 22.1. The molecule has 1 aromatic carbocycles. The van der Waals surface area contributed by atoms with Crippen LogP contribution in [0.4, 0.5) is 0 Å². The van der Waals surface area contributed by atoms with E-state index in [0.29, 0.717) is 25.4 Å². The molecule has 0 N–H and O–H groups in total. The zero-order valence-electron chi connectivity index (χ0n) is 16.5. The summed E-state index contributed by atoms with van der Waals surface area (Å²) in [5.41, 5.74) is 1.66. The van der Waals surface area contributed by atoms with Crippen LogP contribution in [-0.2, 0) is 37.2 Å². The standard InChI is InChI=1S/C19H27N3O5S/c1-4-27-18(23)15-21(2)14-17-12-20-19(28(24,25)11-10-26-3)22(17)13-16-8-6-5-7-9-16/h5-9,12H,4,10-11,13-15H2,1-3H3. The molecule has 1 aromatic heterocycles. The van der Waals surface area contributed by atoms with Crippen LogP contribution in [-0.4, -0.2) is 68.5 Å². The summed E-state index contributed by atoms with van der Waals surface area (Å²) in [5.74, 6) is -0.472. The van der Waals surface area contributed by atoms with Gasteiger partial charge in [-0.2, -0.15) is 0 Å². The van der Waals surface area contributed by atoms with Crippen molar-refractivity contribution >= 4 is 15.8 Å². The van der Waals surface area contributed by atoms with Crippen LogP contribution in [0.3, 0.4) is 0 Å². The van der Waals surface area contributed by atoms with Crippen LogP contribution in [0.15, 0.2) is 41.7 Å². The van der Waals surface area contributed by atoms with E-state index in [4.69, 9.17) is 9.47 Å². The van der Waals surface area contributed by atoms with E-state index in [2.05, 4.69) is 4.98 Å². The maximum atomic E-state index is 12.7. The van der Waals surface area contributed by atoms with Crippen molar-refractivity contribution < 1.29 is 22.7 Å². The Morgan fingerprint density at radius 1 is 1.25 bits per heavy atom. The van der Waals surface area contributed by atoms with Gasteiger partial charge in [-0.05, 0) is 19.5 Å². The molecular formula is C19H27N3O5S. The van der Waals surface area contributed by atoms with Gasteiger partial charge in [-0.3, -0.25) is 9.69 Å². The van der Waals surface area contributed by atoms with E-state index in [-0.39, 0.29) is 30.0 Å². The average Bonchev–Trinajstić information content (AvgIpc) is 3.04. The van der Waals surface area contributed by atoms with Crippen LogP contribution in [0.25, 0.3) is 0 Å². The molecular weight excluding hydrogens is 382 g/mol. The molecule has 0 aliphatic carbocycles. The van der Waals surface area contributed by atoms with Gasteiger partial charge in [0, 0.05) is 13.7 Å². The highest BCUT2D eigenvalue weighted by Gasteiger charge is 2.24. The van der Waals surface area contributed by atoms with Gasteiger partial charge in [0.2, 0.25) is 15.0 Å². The second-order valence-corrected chi connectivity index (χ2v) is 8.40. The number of nitrogens with zero attached hydrogens (tertiary/aromatic N) is 3. The van der Waals surface area contributed by atoms with E-state index in [1.54, 1.807) is 29.6 Å². The minimum absolute atomic E-state index is 0.00735. The summed E-state index contributed by atoms with van der Waals surface area (Å²) in [4.78, 5) is 17.7. The maximum Gasteiger partial charge on any atom is 0.320 e. The number of carbonyl (C=O) groups excluding carboxylic acids is 1. The second-order valence-electron chi connectivity index (χ2n) is 6.39. The Balaban J connectivity index is 2.30. The lowest BCUT2D eigenvalue weighted by molar-refractivity contribution is -0.144. The molecule has 28 heavy (non-hydrogen) atoms. The zero-order chi connectivity index (χ0) is 20.6. The Bertz CT molecular complexity index is 865. The molecule has 0 fully saturated rings. The number of carbonyl (C=O) groups is 1. The highest BCUT2D eigenvalue weighted by Crippen LogP contribution is 2.17. The molecule has 0 saturated heterocycles. The van der Waals surface area contributed by atoms with Crippen LogP contribution >= 0.6 is 0 Å². The summed E-state index contributed by atoms with van der Waals surface area (Å²) in [6, 6.07) is 9.56. The number of methoxy groups -OCH3 is 1. The minimum Gasteiger partial charge on any atom is -0.465 e. The van der Waals surface area contributed by atoms with Crippen molar-refractivity contribution in [1.29, 1.82) is 0 Å². The Morgan fingerprint density at radius 3 is 2.61 bits per heavy atom. The van der Waals surface area contributed by atoms with Gasteiger partial charge in [0.25, 0.3) is 0 Å². The molecule has 0 unspecified atom stereocenters. The number of imidazole rings is 1. The molecule has 0 bridgehead atoms. The van der Waals surface area contributed by atoms with Crippen LogP contribution in [0.5, 0.6) is 0 Å². The lowest BCUT2D eigenvalue weighted by Crippen LogP contribution is -2.28. The van der Waals surface area contributed by atoms with Crippen molar-refractivity contribution in [3.05, 3.63) is 47.8 Å². The summed E-state index contributed by atoms with van der Waals surface area (Å²) in [5, 5.41) is 0.00735. The third kappa shape index (κ3) is 6.15. The van der Waals surface area contributed by atoms with Gasteiger partial charge in [0.05, 0.1) is 43.9 Å². The molecule has 0 radical (unpaired) electrons. The van der Waals surface area contributed by atoms with Gasteiger partial charge in [-0.1, -0.05) is 30.3 Å². The maximum absolute atomic E-state index is 12.7. The van der Waals surface area contributed by atoms with Crippen molar-refractivity contribution in [3.63, 3.8) is 0 Å². The third-order valence-corrected chi connectivity index (χ3v) is 5.64. The third-order valence-electron chi connectivity index (χ3n) is 4.06. The molecule has 0 amide bonds. The van der Waals surface area contributed by atoms with Gasteiger partial charge in [-0.25, -0.2) is 13.4 Å². The molecule has 1 heterocycles. The van der Waals surface area contributed by atoms with Gasteiger partial charge in [-0.15, -0.1) is 0 Å². The summed E-state index contributed by atoms with van der Waals surface area (Å²) < 4.78 is 37.0. The Labute approximate surface area is 166 Å². The van der Waals surface area contributed by atoms with Crippen LogP contribution in [0.2, 0.25) is 0 Å². The summed E-state index contributed by atoms with van der Waals surface area (Å²) >= 11 is 0. The quantitative estimate of drug-likeness (QED) is 0.517. The number of esters is 1. The van der Waals surface area contributed by atoms with E-state index in [1.807, 2.05) is 30.3 Å². The van der Waals surface area contributed by atoms with Crippen molar-refractivity contribution in [2.75, 3.05) is 39.7 Å². The minimum atomic E-state index is -3.60. The molecule has 0 spiro atoms. The average molecular weight is 410 g/mol. The first-order valence-electron chi connectivity index (χ1n) is 9.01. The summed E-state index contributed by atoms with van der Waals surface area (Å²) in [6.45, 7) is 3.00. The van der Waals surface area contributed by atoms with Crippen LogP contribution < -0.4 is 0 Å². The SMILES string of the molecule is CCOC(=O)CN(C)Cc1cnc(S(=O)(=O)CCOC)n1Cc1ccccc1. The largest absolute Gasteiger partial charge is 0.465 e. The molecule has 2 rings (SSSR count). The van der Waals surface area contributed by atoms with E-state index in [1.165, 1.54) is 7.11 Å². The number of likely N-dealkylation sites (N-methyl/N-ethyl adjacent to an activating group) is 1. The molecule has 2 aromatic rings. The number of ether oxygens (including phenoxy) is 2. The molecule has 0 aliphatic rings. The van der Waals surface area contributed by atoms with Crippen LogP contribution in [0, 0.1) is 0 Å².